The second-order valence-electron chi connectivity index (χ2n) is 2.14. The second kappa shape index (κ2) is 4.30. The molecule has 0 atom stereocenters. The molecule has 4 heteroatoms. The van der Waals surface area contributed by atoms with Gasteiger partial charge in [0, 0.05) is 12.0 Å². The predicted molar refractivity (Wildman–Crippen MR) is 49.2 cm³/mol. The molecule has 0 saturated heterocycles. The molecule has 12 heavy (non-hydrogen) atoms. The third-order valence-electron chi connectivity index (χ3n) is 1.36. The molecule has 2 nitrogen and oxygen atoms in total. The van der Waals surface area contributed by atoms with Crippen LogP contribution in [-0.4, -0.2) is 9.97 Å². The van der Waals surface area contributed by atoms with Crippen LogP contribution in [0.3, 0.4) is 0 Å². The molecule has 1 aromatic heterocycles. The molecule has 0 saturated carbocycles. The Morgan fingerprint density at radius 2 is 1.92 bits per heavy atom. The third-order valence-corrected chi connectivity index (χ3v) is 2.01. The molecule has 0 bridgehead atoms. The lowest BCUT2D eigenvalue weighted by Crippen LogP contribution is -1.92. The molecule has 0 aliphatic heterocycles. The minimum atomic E-state index is 0.380. The van der Waals surface area contributed by atoms with Crippen molar-refractivity contribution in [3.63, 3.8) is 0 Å². The summed E-state index contributed by atoms with van der Waals surface area (Å²) in [5, 5.41) is 0.760. The summed E-state index contributed by atoms with van der Waals surface area (Å²) in [7, 11) is 0. The van der Waals surface area contributed by atoms with E-state index in [4.69, 9.17) is 29.6 Å². The van der Waals surface area contributed by atoms with Crippen LogP contribution in [-0.2, 0) is 6.42 Å². The maximum absolute atomic E-state index is 5.76. The van der Waals surface area contributed by atoms with Gasteiger partial charge in [0.05, 0.1) is 0 Å². The van der Waals surface area contributed by atoms with Gasteiger partial charge < -0.3 is 0 Å². The Labute approximate surface area is 80.9 Å². The highest BCUT2D eigenvalue weighted by atomic mass is 35.5. The van der Waals surface area contributed by atoms with Gasteiger partial charge in [-0.25, -0.2) is 9.97 Å². The Morgan fingerprint density at radius 1 is 1.33 bits per heavy atom. The van der Waals surface area contributed by atoms with Crippen molar-refractivity contribution in [3.05, 3.63) is 22.2 Å². The zero-order chi connectivity index (χ0) is 8.97. The van der Waals surface area contributed by atoms with Crippen molar-refractivity contribution in [1.29, 1.82) is 0 Å². The standard InChI is InChI=1S/C8H6Cl2N2/c1-2-3-4-6-7(9)11-5-12-8(6)10/h1,5H,3-4H2. The Morgan fingerprint density at radius 3 is 2.42 bits per heavy atom. The highest BCUT2D eigenvalue weighted by Gasteiger charge is 2.05. The molecule has 1 heterocycles. The van der Waals surface area contributed by atoms with Gasteiger partial charge in [0.2, 0.25) is 0 Å². The first kappa shape index (κ1) is 9.31. The predicted octanol–water partition coefficient (Wildman–Crippen LogP) is 2.35. The minimum absolute atomic E-state index is 0.380. The van der Waals surface area contributed by atoms with Crippen LogP contribution in [0.25, 0.3) is 0 Å². The van der Waals surface area contributed by atoms with Crippen LogP contribution in [0.2, 0.25) is 10.3 Å². The lowest BCUT2D eigenvalue weighted by Gasteiger charge is -2.01. The monoisotopic (exact) mass is 200 g/mol. The summed E-state index contributed by atoms with van der Waals surface area (Å²) in [6.45, 7) is 0. The van der Waals surface area contributed by atoms with Crippen LogP contribution in [0, 0.1) is 12.3 Å². The summed E-state index contributed by atoms with van der Waals surface area (Å²) in [4.78, 5) is 7.59. The van der Waals surface area contributed by atoms with E-state index in [1.54, 1.807) is 0 Å². The van der Waals surface area contributed by atoms with Gasteiger partial charge in [0.1, 0.15) is 16.6 Å². The molecule has 0 unspecified atom stereocenters. The zero-order valence-electron chi connectivity index (χ0n) is 6.22. The van der Waals surface area contributed by atoms with Crippen LogP contribution in [0.15, 0.2) is 6.33 Å². The van der Waals surface area contributed by atoms with Gasteiger partial charge in [-0.05, 0) is 6.42 Å². The molecule has 0 aliphatic carbocycles. The van der Waals surface area contributed by atoms with E-state index in [9.17, 15) is 0 Å². The van der Waals surface area contributed by atoms with Crippen molar-refractivity contribution in [2.24, 2.45) is 0 Å². The number of aromatic nitrogens is 2. The molecule has 0 N–H and O–H groups in total. The molecule has 0 radical (unpaired) electrons. The summed E-state index contributed by atoms with van der Waals surface area (Å²) < 4.78 is 0. The first-order valence-electron chi connectivity index (χ1n) is 3.34. The van der Waals surface area contributed by atoms with E-state index in [1.807, 2.05) is 0 Å². The first-order valence-corrected chi connectivity index (χ1v) is 4.09. The smallest absolute Gasteiger partial charge is 0.137 e. The Bertz CT molecular complexity index is 297. The number of rotatable bonds is 2. The molecule has 62 valence electrons. The number of hydrogen-bond acceptors (Lipinski definition) is 2. The third kappa shape index (κ3) is 2.10. The van der Waals surface area contributed by atoms with Gasteiger partial charge in [0.25, 0.3) is 0 Å². The molecule has 1 rings (SSSR count). The van der Waals surface area contributed by atoms with E-state index in [0.29, 0.717) is 23.1 Å². The van der Waals surface area contributed by atoms with E-state index in [2.05, 4.69) is 15.9 Å². The van der Waals surface area contributed by atoms with E-state index in [-0.39, 0.29) is 0 Å². The Kier molecular flexibility index (Phi) is 3.33. The number of halogens is 2. The number of terminal acetylenes is 1. The van der Waals surface area contributed by atoms with Gasteiger partial charge in [-0.15, -0.1) is 12.3 Å². The van der Waals surface area contributed by atoms with Crippen molar-refractivity contribution in [2.45, 2.75) is 12.8 Å². The summed E-state index contributed by atoms with van der Waals surface area (Å²) in [6.07, 6.45) is 7.63. The fraction of sp³-hybridized carbons (Fsp3) is 0.250. The Balaban J connectivity index is 2.90. The van der Waals surface area contributed by atoms with Crippen LogP contribution in [0.4, 0.5) is 0 Å². The highest BCUT2D eigenvalue weighted by molar-refractivity contribution is 6.34. The van der Waals surface area contributed by atoms with Gasteiger partial charge in [0.15, 0.2) is 0 Å². The largest absolute Gasteiger partial charge is 0.224 e. The van der Waals surface area contributed by atoms with Gasteiger partial charge in [-0.2, -0.15) is 0 Å². The highest BCUT2D eigenvalue weighted by Crippen LogP contribution is 2.20. The van der Waals surface area contributed by atoms with Crippen LogP contribution in [0.1, 0.15) is 12.0 Å². The SMILES string of the molecule is C#CCCc1c(Cl)ncnc1Cl. The summed E-state index contributed by atoms with van der Waals surface area (Å²) >= 11 is 11.5. The quantitative estimate of drug-likeness (QED) is 0.542. The molecule has 1 aromatic rings. The number of nitrogens with zero attached hydrogens (tertiary/aromatic N) is 2. The second-order valence-corrected chi connectivity index (χ2v) is 2.85. The Hall–Kier alpha value is -0.780. The fourth-order valence-corrected chi connectivity index (χ4v) is 1.28. The van der Waals surface area contributed by atoms with Gasteiger partial charge in [-0.3, -0.25) is 0 Å². The van der Waals surface area contributed by atoms with Crippen molar-refractivity contribution >= 4 is 23.2 Å². The first-order chi connectivity index (χ1) is 5.75. The lowest BCUT2D eigenvalue weighted by molar-refractivity contribution is 0.983. The van der Waals surface area contributed by atoms with Crippen LogP contribution < -0.4 is 0 Å². The molecular weight excluding hydrogens is 195 g/mol. The lowest BCUT2D eigenvalue weighted by atomic mass is 10.2. The van der Waals surface area contributed by atoms with Crippen molar-refractivity contribution in [1.82, 2.24) is 9.97 Å². The zero-order valence-corrected chi connectivity index (χ0v) is 7.73. The van der Waals surface area contributed by atoms with E-state index in [1.165, 1.54) is 6.33 Å². The molecule has 0 aromatic carbocycles. The fourth-order valence-electron chi connectivity index (χ4n) is 0.775. The average Bonchev–Trinajstić information content (AvgIpc) is 2.04. The number of hydrogen-bond donors (Lipinski definition) is 0. The summed E-state index contributed by atoms with van der Waals surface area (Å²) in [5.41, 5.74) is 0.721. The summed E-state index contributed by atoms with van der Waals surface area (Å²) in [5.74, 6) is 2.50. The molecular formula is C8H6Cl2N2. The van der Waals surface area contributed by atoms with Crippen molar-refractivity contribution in [3.8, 4) is 12.3 Å². The van der Waals surface area contributed by atoms with Gasteiger partial charge >= 0.3 is 0 Å². The maximum atomic E-state index is 5.76. The van der Waals surface area contributed by atoms with E-state index < -0.39 is 0 Å². The molecule has 0 fully saturated rings. The van der Waals surface area contributed by atoms with Gasteiger partial charge in [-0.1, -0.05) is 23.2 Å². The van der Waals surface area contributed by atoms with Crippen molar-refractivity contribution in [2.75, 3.05) is 0 Å². The van der Waals surface area contributed by atoms with Crippen LogP contribution in [0.5, 0.6) is 0 Å². The van der Waals surface area contributed by atoms with Crippen LogP contribution >= 0.6 is 23.2 Å². The van der Waals surface area contributed by atoms with Crippen molar-refractivity contribution < 1.29 is 0 Å². The van der Waals surface area contributed by atoms with E-state index in [0.717, 1.165) is 5.56 Å². The summed E-state index contributed by atoms with van der Waals surface area (Å²) in [6, 6.07) is 0. The maximum Gasteiger partial charge on any atom is 0.137 e. The molecule has 0 spiro atoms. The molecule has 0 aliphatic rings. The minimum Gasteiger partial charge on any atom is -0.224 e. The van der Waals surface area contributed by atoms with E-state index >= 15 is 0 Å². The molecule has 0 amide bonds. The topological polar surface area (TPSA) is 25.8 Å². The average molecular weight is 201 g/mol. The normalized spacial score (nSPS) is 9.42.